The van der Waals surface area contributed by atoms with Gasteiger partial charge in [0, 0.05) is 6.61 Å². The van der Waals surface area contributed by atoms with Crippen molar-refractivity contribution in [3.63, 3.8) is 0 Å². The fourth-order valence-corrected chi connectivity index (χ4v) is 2.65. The molecule has 0 fully saturated rings. The van der Waals surface area contributed by atoms with Crippen molar-refractivity contribution in [3.05, 3.63) is 0 Å². The Kier molecular flexibility index (Phi) is 13.2. The van der Waals surface area contributed by atoms with E-state index in [4.69, 9.17) is 13.8 Å². The molecule has 24 heavy (non-hydrogen) atoms. The maximum atomic E-state index is 11.7. The lowest BCUT2D eigenvalue weighted by Gasteiger charge is -2.24. The highest BCUT2D eigenvalue weighted by atomic mass is 31.2. The van der Waals surface area contributed by atoms with E-state index in [0.29, 0.717) is 17.6 Å². The van der Waals surface area contributed by atoms with Gasteiger partial charge < -0.3 is 19.2 Å². The van der Waals surface area contributed by atoms with Crippen molar-refractivity contribution in [3.8, 4) is 0 Å². The van der Waals surface area contributed by atoms with Gasteiger partial charge in [-0.3, -0.25) is 9.05 Å². The fraction of sp³-hybridized carbons (Fsp3) is 1.00. The summed E-state index contributed by atoms with van der Waals surface area (Å²) in [5.74, 6) is 0. The van der Waals surface area contributed by atoms with Crippen LogP contribution in [0.4, 0.5) is 0 Å². The smallest absolute Gasteiger partial charge is 0.388 e. The first-order valence-corrected chi connectivity index (χ1v) is 10.3. The van der Waals surface area contributed by atoms with Gasteiger partial charge >= 0.3 is 7.82 Å². The molecule has 7 nitrogen and oxygen atoms in total. The van der Waals surface area contributed by atoms with Crippen molar-refractivity contribution >= 4 is 7.82 Å². The summed E-state index contributed by atoms with van der Waals surface area (Å²) in [6.07, 6.45) is 6.12. The number of ether oxygens (including phenoxy) is 1. The zero-order valence-corrected chi connectivity index (χ0v) is 16.7. The molecule has 0 aromatic carbocycles. The van der Waals surface area contributed by atoms with Gasteiger partial charge in [-0.25, -0.2) is 4.57 Å². The molecule has 1 unspecified atom stereocenters. The third-order valence-electron chi connectivity index (χ3n) is 3.40. The molecule has 2 N–H and O–H groups in total. The number of likely N-dealkylation sites (N-methyl/N-ethyl adjacent to an activating group) is 1. The van der Waals surface area contributed by atoms with Gasteiger partial charge in [-0.15, -0.1) is 0 Å². The van der Waals surface area contributed by atoms with E-state index in [9.17, 15) is 14.6 Å². The van der Waals surface area contributed by atoms with Crippen molar-refractivity contribution < 1.29 is 32.8 Å². The molecule has 2 atom stereocenters. The van der Waals surface area contributed by atoms with Crippen LogP contribution < -0.4 is 0 Å². The molecule has 0 saturated carbocycles. The van der Waals surface area contributed by atoms with Gasteiger partial charge in [0.25, 0.3) is 0 Å². The van der Waals surface area contributed by atoms with E-state index >= 15 is 0 Å². The molecule has 0 amide bonds. The zero-order chi connectivity index (χ0) is 18.5. The molecule has 0 aliphatic rings. The Morgan fingerprint density at radius 1 is 0.958 bits per heavy atom. The number of rotatable bonds is 16. The molecule has 8 heteroatoms. The van der Waals surface area contributed by atoms with Crippen LogP contribution in [0.25, 0.3) is 0 Å². The Labute approximate surface area is 147 Å². The molecule has 0 aromatic rings. The summed E-state index contributed by atoms with van der Waals surface area (Å²) in [6.45, 7) is 3.27. The minimum atomic E-state index is -4.12. The molecular formula is C16H37NO6P+. The topological polar surface area (TPSA) is 85.2 Å². The Morgan fingerprint density at radius 2 is 1.58 bits per heavy atom. The second kappa shape index (κ2) is 13.2. The first-order chi connectivity index (χ1) is 11.2. The molecular weight excluding hydrogens is 333 g/mol. The van der Waals surface area contributed by atoms with E-state index in [1.807, 2.05) is 21.1 Å². The first-order valence-electron chi connectivity index (χ1n) is 8.84. The van der Waals surface area contributed by atoms with Crippen LogP contribution in [0.15, 0.2) is 0 Å². The van der Waals surface area contributed by atoms with E-state index in [-0.39, 0.29) is 19.8 Å². The summed E-state index contributed by atoms with van der Waals surface area (Å²) in [5.41, 5.74) is 0. The Morgan fingerprint density at radius 3 is 2.21 bits per heavy atom. The summed E-state index contributed by atoms with van der Waals surface area (Å²) in [6, 6.07) is 0. The largest absolute Gasteiger partial charge is 0.472 e. The molecule has 0 saturated heterocycles. The SMILES string of the molecule is CCCCCCCCOC[C@@H](O)COP(=O)(O)OCC[N+](C)(C)C. The van der Waals surface area contributed by atoms with Crippen molar-refractivity contribution in [1.29, 1.82) is 0 Å². The van der Waals surface area contributed by atoms with Crippen LogP contribution in [-0.4, -0.2) is 74.7 Å². The van der Waals surface area contributed by atoms with Crippen LogP contribution >= 0.6 is 7.82 Å². The number of unbranched alkanes of at least 4 members (excludes halogenated alkanes) is 5. The average molecular weight is 370 g/mol. The number of aliphatic hydroxyl groups is 1. The third-order valence-corrected chi connectivity index (χ3v) is 4.38. The number of quaternary nitrogens is 1. The summed E-state index contributed by atoms with van der Waals surface area (Å²) >= 11 is 0. The second-order valence-corrected chi connectivity index (χ2v) is 8.56. The molecule has 0 aliphatic heterocycles. The maximum absolute atomic E-state index is 11.7. The minimum absolute atomic E-state index is 0.0911. The highest BCUT2D eigenvalue weighted by molar-refractivity contribution is 7.47. The van der Waals surface area contributed by atoms with Gasteiger partial charge in [-0.05, 0) is 6.42 Å². The molecule has 0 bridgehead atoms. The van der Waals surface area contributed by atoms with Gasteiger partial charge in [0.1, 0.15) is 19.3 Å². The molecule has 0 aromatic heterocycles. The quantitative estimate of drug-likeness (QED) is 0.247. The molecule has 0 heterocycles. The van der Waals surface area contributed by atoms with Crippen molar-refractivity contribution in [2.24, 2.45) is 0 Å². The molecule has 146 valence electrons. The number of aliphatic hydroxyl groups excluding tert-OH is 1. The molecule has 0 spiro atoms. The van der Waals surface area contributed by atoms with Crippen LogP contribution in [0.1, 0.15) is 45.4 Å². The third kappa shape index (κ3) is 16.8. The van der Waals surface area contributed by atoms with E-state index < -0.39 is 13.9 Å². The summed E-state index contributed by atoms with van der Waals surface area (Å²) in [4.78, 5) is 9.52. The van der Waals surface area contributed by atoms with E-state index in [1.165, 1.54) is 25.7 Å². The summed E-state index contributed by atoms with van der Waals surface area (Å²) < 4.78 is 27.3. The van der Waals surface area contributed by atoms with Gasteiger partial charge in [-0.1, -0.05) is 39.0 Å². The minimum Gasteiger partial charge on any atom is -0.388 e. The summed E-state index contributed by atoms with van der Waals surface area (Å²) in [7, 11) is 1.75. The van der Waals surface area contributed by atoms with Crippen molar-refractivity contribution in [2.45, 2.75) is 51.6 Å². The number of phosphoric ester groups is 1. The predicted octanol–water partition coefficient (Wildman–Crippen LogP) is 2.56. The fourth-order valence-electron chi connectivity index (χ4n) is 1.90. The second-order valence-electron chi connectivity index (χ2n) is 7.11. The maximum Gasteiger partial charge on any atom is 0.472 e. The normalized spacial score (nSPS) is 16.1. The van der Waals surface area contributed by atoms with Gasteiger partial charge in [-0.2, -0.15) is 0 Å². The van der Waals surface area contributed by atoms with Crippen LogP contribution in [-0.2, 0) is 18.3 Å². The van der Waals surface area contributed by atoms with Crippen LogP contribution in [0.5, 0.6) is 0 Å². The number of nitrogens with zero attached hydrogens (tertiary/aromatic N) is 1. The van der Waals surface area contributed by atoms with Gasteiger partial charge in [0.15, 0.2) is 0 Å². The van der Waals surface area contributed by atoms with E-state index in [2.05, 4.69) is 6.92 Å². The summed E-state index contributed by atoms with van der Waals surface area (Å²) in [5, 5.41) is 9.70. The Bertz CT molecular complexity index is 348. The van der Waals surface area contributed by atoms with Gasteiger partial charge in [0.05, 0.1) is 34.4 Å². The lowest BCUT2D eigenvalue weighted by atomic mass is 10.1. The lowest BCUT2D eigenvalue weighted by molar-refractivity contribution is -0.870. The van der Waals surface area contributed by atoms with E-state index in [0.717, 1.165) is 12.8 Å². The highest BCUT2D eigenvalue weighted by Crippen LogP contribution is 2.43. The standard InChI is InChI=1S/C16H36NO6P/c1-5-6-7-8-9-10-12-21-14-16(18)15-23-24(19,20)22-13-11-17(2,3)4/h16,18H,5-15H2,1-4H3/p+1/t16-/m1/s1. The van der Waals surface area contributed by atoms with Crippen molar-refractivity contribution in [1.82, 2.24) is 0 Å². The van der Waals surface area contributed by atoms with Gasteiger partial charge in [0.2, 0.25) is 0 Å². The monoisotopic (exact) mass is 370 g/mol. The number of hydrogen-bond donors (Lipinski definition) is 2. The van der Waals surface area contributed by atoms with Crippen molar-refractivity contribution in [2.75, 3.05) is 54.1 Å². The average Bonchev–Trinajstić information content (AvgIpc) is 2.46. The lowest BCUT2D eigenvalue weighted by Crippen LogP contribution is -2.37. The zero-order valence-electron chi connectivity index (χ0n) is 15.8. The van der Waals surface area contributed by atoms with Crippen LogP contribution in [0.3, 0.4) is 0 Å². The first kappa shape index (κ1) is 24.0. The Hall–Kier alpha value is -0.0100. The Balaban J connectivity index is 3.62. The molecule has 0 radical (unpaired) electrons. The highest BCUT2D eigenvalue weighted by Gasteiger charge is 2.23. The van der Waals surface area contributed by atoms with Crippen LogP contribution in [0, 0.1) is 0 Å². The van der Waals surface area contributed by atoms with E-state index in [1.54, 1.807) is 0 Å². The predicted molar refractivity (Wildman–Crippen MR) is 94.8 cm³/mol. The number of hydrogen-bond acceptors (Lipinski definition) is 5. The molecule has 0 rings (SSSR count). The number of phosphoric acid groups is 1. The van der Waals surface area contributed by atoms with Crippen LogP contribution in [0.2, 0.25) is 0 Å². The molecule has 0 aliphatic carbocycles.